The molecule has 3 rings (SSSR count). The first-order chi connectivity index (χ1) is 10.4. The van der Waals surface area contributed by atoms with Crippen LogP contribution in [0.4, 0.5) is 0 Å². The Morgan fingerprint density at radius 1 is 1.27 bits per heavy atom. The molecule has 0 radical (unpaired) electrons. The molecule has 0 N–H and O–H groups in total. The van der Waals surface area contributed by atoms with E-state index < -0.39 is 9.84 Å². The summed E-state index contributed by atoms with van der Waals surface area (Å²) >= 11 is 1.70. The first kappa shape index (κ1) is 15.9. The van der Waals surface area contributed by atoms with Crippen molar-refractivity contribution in [2.45, 2.75) is 43.5 Å². The Bertz CT molecular complexity index is 721. The van der Waals surface area contributed by atoms with Gasteiger partial charge < -0.3 is 0 Å². The molecule has 1 aliphatic carbocycles. The minimum atomic E-state index is -3.00. The predicted octanol–water partition coefficient (Wildman–Crippen LogP) is 3.08. The van der Waals surface area contributed by atoms with E-state index in [-0.39, 0.29) is 11.3 Å². The van der Waals surface area contributed by atoms with Gasteiger partial charge in [0.15, 0.2) is 9.84 Å². The van der Waals surface area contributed by atoms with Crippen molar-refractivity contribution in [3.8, 4) is 0 Å². The Morgan fingerprint density at radius 3 is 2.73 bits per heavy atom. The average molecular weight is 338 g/mol. The molecule has 2 atom stereocenters. The highest BCUT2D eigenvalue weighted by Gasteiger charge is 2.35. The van der Waals surface area contributed by atoms with Crippen molar-refractivity contribution >= 4 is 31.4 Å². The van der Waals surface area contributed by atoms with Gasteiger partial charge in [-0.25, -0.2) is 13.4 Å². The second kappa shape index (κ2) is 6.26. The van der Waals surface area contributed by atoms with Gasteiger partial charge in [0.25, 0.3) is 0 Å². The maximum absolute atomic E-state index is 12.1. The quantitative estimate of drug-likeness (QED) is 0.859. The van der Waals surface area contributed by atoms with Crippen LogP contribution in [0.15, 0.2) is 24.3 Å². The van der Waals surface area contributed by atoms with Crippen LogP contribution in [0.5, 0.6) is 0 Å². The van der Waals surface area contributed by atoms with E-state index in [9.17, 15) is 8.42 Å². The van der Waals surface area contributed by atoms with Crippen molar-refractivity contribution in [2.24, 2.45) is 0 Å². The zero-order chi connectivity index (χ0) is 15.7. The fraction of sp³-hybridized carbons (Fsp3) is 0.562. The molecule has 6 heteroatoms. The second-order valence-electron chi connectivity index (χ2n) is 6.21. The number of rotatable bonds is 4. The fourth-order valence-electron chi connectivity index (χ4n) is 3.40. The largest absolute Gasteiger partial charge is 0.295 e. The van der Waals surface area contributed by atoms with Gasteiger partial charge in [0, 0.05) is 12.3 Å². The van der Waals surface area contributed by atoms with Crippen molar-refractivity contribution in [3.05, 3.63) is 29.3 Å². The van der Waals surface area contributed by atoms with E-state index in [1.807, 2.05) is 25.2 Å². The van der Waals surface area contributed by atoms with Crippen LogP contribution in [0, 0.1) is 0 Å². The van der Waals surface area contributed by atoms with Gasteiger partial charge in [-0.05, 0) is 32.0 Å². The summed E-state index contributed by atoms with van der Waals surface area (Å²) in [4.78, 5) is 6.85. The number of nitrogens with zero attached hydrogens (tertiary/aromatic N) is 2. The number of aromatic nitrogens is 1. The maximum atomic E-state index is 12.1. The first-order valence-corrected chi connectivity index (χ1v) is 10.5. The van der Waals surface area contributed by atoms with E-state index in [0.717, 1.165) is 42.8 Å². The van der Waals surface area contributed by atoms with Gasteiger partial charge in [0.05, 0.1) is 22.0 Å². The Balaban J connectivity index is 1.78. The summed E-state index contributed by atoms with van der Waals surface area (Å²) in [6, 6.07) is 8.23. The third-order valence-corrected chi connectivity index (χ3v) is 7.18. The summed E-state index contributed by atoms with van der Waals surface area (Å²) in [7, 11) is -0.968. The van der Waals surface area contributed by atoms with Crippen LogP contribution in [0.25, 0.3) is 10.2 Å². The Morgan fingerprint density at radius 2 is 2.00 bits per heavy atom. The number of thiazole rings is 1. The minimum Gasteiger partial charge on any atom is -0.295 e. The molecule has 1 aromatic carbocycles. The molecule has 1 aliphatic rings. The number of para-hydroxylation sites is 1. The van der Waals surface area contributed by atoms with E-state index in [4.69, 9.17) is 0 Å². The molecule has 1 saturated carbocycles. The van der Waals surface area contributed by atoms with Gasteiger partial charge in [-0.1, -0.05) is 25.0 Å². The molecular formula is C16H22N2O2S2. The first-order valence-electron chi connectivity index (χ1n) is 7.69. The Hall–Kier alpha value is -0.980. The number of hydrogen-bond acceptors (Lipinski definition) is 5. The number of hydrogen-bond donors (Lipinski definition) is 0. The van der Waals surface area contributed by atoms with Gasteiger partial charge >= 0.3 is 0 Å². The van der Waals surface area contributed by atoms with Crippen molar-refractivity contribution in [3.63, 3.8) is 0 Å². The zero-order valence-corrected chi connectivity index (χ0v) is 14.7. The van der Waals surface area contributed by atoms with Gasteiger partial charge in [-0.3, -0.25) is 4.90 Å². The molecule has 1 aromatic heterocycles. The van der Waals surface area contributed by atoms with Crippen LogP contribution >= 0.6 is 11.3 Å². The van der Waals surface area contributed by atoms with Crippen LogP contribution in [-0.4, -0.2) is 42.9 Å². The van der Waals surface area contributed by atoms with Crippen LogP contribution in [-0.2, 0) is 16.4 Å². The number of benzene rings is 1. The standard InChI is InChI=1S/C16H22N2O2S2/c1-18(13-8-4-6-10-15(13)22(2,19)20)11-16-17-12-7-3-5-9-14(12)21-16/h3,5,7,9,13,15H,4,6,8,10-11H2,1-2H3/t13-,15-/m1/s1. The molecule has 0 aliphatic heterocycles. The van der Waals surface area contributed by atoms with E-state index >= 15 is 0 Å². The highest BCUT2D eigenvalue weighted by molar-refractivity contribution is 7.91. The van der Waals surface area contributed by atoms with Crippen molar-refractivity contribution in [1.82, 2.24) is 9.88 Å². The molecule has 4 nitrogen and oxygen atoms in total. The summed E-state index contributed by atoms with van der Waals surface area (Å²) in [5.41, 5.74) is 1.03. The highest BCUT2D eigenvalue weighted by atomic mass is 32.2. The number of fused-ring (bicyclic) bond motifs is 1. The van der Waals surface area contributed by atoms with E-state index in [0.29, 0.717) is 0 Å². The molecule has 0 amide bonds. The molecule has 2 aromatic rings. The van der Waals surface area contributed by atoms with Crippen molar-refractivity contribution in [1.29, 1.82) is 0 Å². The van der Waals surface area contributed by atoms with Gasteiger partial charge in [-0.2, -0.15) is 0 Å². The second-order valence-corrected chi connectivity index (χ2v) is 9.59. The molecule has 0 bridgehead atoms. The number of sulfone groups is 1. The van der Waals surface area contributed by atoms with Crippen LogP contribution in [0.2, 0.25) is 0 Å². The highest BCUT2D eigenvalue weighted by Crippen LogP contribution is 2.29. The van der Waals surface area contributed by atoms with E-state index in [1.54, 1.807) is 11.3 Å². The van der Waals surface area contributed by atoms with E-state index in [2.05, 4.69) is 16.0 Å². The summed E-state index contributed by atoms with van der Waals surface area (Å²) in [5.74, 6) is 0. The van der Waals surface area contributed by atoms with E-state index in [1.165, 1.54) is 11.0 Å². The third-order valence-electron chi connectivity index (χ3n) is 4.51. The minimum absolute atomic E-state index is 0.107. The Kier molecular flexibility index (Phi) is 4.52. The predicted molar refractivity (Wildman–Crippen MR) is 92.0 cm³/mol. The van der Waals surface area contributed by atoms with Crippen molar-refractivity contribution in [2.75, 3.05) is 13.3 Å². The van der Waals surface area contributed by atoms with Crippen LogP contribution in [0.3, 0.4) is 0 Å². The van der Waals surface area contributed by atoms with Crippen molar-refractivity contribution < 1.29 is 8.42 Å². The lowest BCUT2D eigenvalue weighted by atomic mass is 9.94. The molecule has 1 fully saturated rings. The van der Waals surface area contributed by atoms with Gasteiger partial charge in [0.2, 0.25) is 0 Å². The smallest absolute Gasteiger partial charge is 0.151 e. The molecule has 0 unspecified atom stereocenters. The normalized spacial score (nSPS) is 23.2. The monoisotopic (exact) mass is 338 g/mol. The van der Waals surface area contributed by atoms with Crippen LogP contribution in [0.1, 0.15) is 30.7 Å². The third kappa shape index (κ3) is 3.34. The molecular weight excluding hydrogens is 316 g/mol. The summed E-state index contributed by atoms with van der Waals surface area (Å²) in [5, 5.41) is 0.821. The Labute approximate surface area is 136 Å². The summed E-state index contributed by atoms with van der Waals surface area (Å²) < 4.78 is 25.3. The lowest BCUT2D eigenvalue weighted by molar-refractivity contribution is 0.187. The lowest BCUT2D eigenvalue weighted by Crippen LogP contribution is -2.46. The average Bonchev–Trinajstić information content (AvgIpc) is 2.88. The molecule has 0 spiro atoms. The molecule has 22 heavy (non-hydrogen) atoms. The molecule has 0 saturated heterocycles. The van der Waals surface area contributed by atoms with Crippen LogP contribution < -0.4 is 0 Å². The molecule has 1 heterocycles. The molecule has 120 valence electrons. The fourth-order valence-corrected chi connectivity index (χ4v) is 5.94. The topological polar surface area (TPSA) is 50.3 Å². The maximum Gasteiger partial charge on any atom is 0.151 e. The van der Waals surface area contributed by atoms with Gasteiger partial charge in [-0.15, -0.1) is 11.3 Å². The zero-order valence-electron chi connectivity index (χ0n) is 13.0. The summed E-state index contributed by atoms with van der Waals surface area (Å²) in [6.45, 7) is 0.718. The summed E-state index contributed by atoms with van der Waals surface area (Å²) in [6.07, 6.45) is 5.25. The SMILES string of the molecule is CN(Cc1nc2ccccc2s1)[C@@H]1CCCC[C@H]1S(C)(=O)=O. The lowest BCUT2D eigenvalue weighted by Gasteiger charge is -2.36. The van der Waals surface area contributed by atoms with Gasteiger partial charge in [0.1, 0.15) is 5.01 Å².